The molecule has 106 valence electrons. The third kappa shape index (κ3) is 2.41. The molecule has 3 rings (SSSR count). The zero-order valence-corrected chi connectivity index (χ0v) is 12.1. The Hall–Kier alpha value is -1.88. The summed E-state index contributed by atoms with van der Waals surface area (Å²) < 4.78 is 0. The van der Waals surface area contributed by atoms with Crippen molar-refractivity contribution in [2.24, 2.45) is 0 Å². The maximum absolute atomic E-state index is 5.90. The van der Waals surface area contributed by atoms with Gasteiger partial charge in [-0.1, -0.05) is 0 Å². The molecule has 0 spiro atoms. The summed E-state index contributed by atoms with van der Waals surface area (Å²) in [4.78, 5) is 13.5. The van der Waals surface area contributed by atoms with E-state index in [1.54, 1.807) is 6.33 Å². The van der Waals surface area contributed by atoms with Crippen molar-refractivity contribution in [2.75, 3.05) is 37.8 Å². The molecular weight excluding hydrogens is 250 g/mol. The van der Waals surface area contributed by atoms with Crippen molar-refractivity contribution in [1.29, 1.82) is 0 Å². The van der Waals surface area contributed by atoms with Gasteiger partial charge in [0, 0.05) is 30.2 Å². The van der Waals surface area contributed by atoms with Gasteiger partial charge in [-0.2, -0.15) is 0 Å². The number of rotatable bonds is 2. The van der Waals surface area contributed by atoms with Gasteiger partial charge in [-0.15, -0.1) is 0 Å². The zero-order valence-electron chi connectivity index (χ0n) is 12.1. The third-order valence-corrected chi connectivity index (χ3v) is 4.13. The highest BCUT2D eigenvalue weighted by Gasteiger charge is 2.22. The number of benzene rings is 1. The number of fused-ring (bicyclic) bond motifs is 1. The van der Waals surface area contributed by atoms with Gasteiger partial charge in [0.05, 0.1) is 5.52 Å². The Bertz CT molecular complexity index is 602. The molecule has 0 radical (unpaired) electrons. The largest absolute Gasteiger partial charge is 0.399 e. The topological polar surface area (TPSA) is 58.3 Å². The van der Waals surface area contributed by atoms with Gasteiger partial charge in [-0.25, -0.2) is 9.97 Å². The summed E-state index contributed by atoms with van der Waals surface area (Å²) in [6.45, 7) is 2.06. The Kier molecular flexibility index (Phi) is 3.44. The number of hydrogen-bond donors (Lipinski definition) is 1. The maximum atomic E-state index is 5.90. The van der Waals surface area contributed by atoms with Crippen LogP contribution in [0.15, 0.2) is 24.5 Å². The van der Waals surface area contributed by atoms with Crippen LogP contribution in [0, 0.1) is 0 Å². The molecule has 0 aliphatic carbocycles. The van der Waals surface area contributed by atoms with Crippen LogP contribution in [0.5, 0.6) is 0 Å². The molecule has 2 aromatic rings. The van der Waals surface area contributed by atoms with Crippen LogP contribution in [-0.4, -0.2) is 48.1 Å². The average molecular weight is 271 g/mol. The fraction of sp³-hybridized carbons (Fsp3) is 0.467. The predicted octanol–water partition coefficient (Wildman–Crippen LogP) is 1.74. The van der Waals surface area contributed by atoms with E-state index in [4.69, 9.17) is 5.73 Å². The molecule has 1 aliphatic rings. The number of piperidine rings is 1. The average Bonchev–Trinajstić information content (AvgIpc) is 2.46. The first kappa shape index (κ1) is 13.1. The van der Waals surface area contributed by atoms with Gasteiger partial charge in [0.2, 0.25) is 0 Å². The number of nitrogens with zero attached hydrogens (tertiary/aromatic N) is 4. The van der Waals surface area contributed by atoms with E-state index in [0.29, 0.717) is 6.04 Å². The van der Waals surface area contributed by atoms with E-state index in [9.17, 15) is 0 Å². The number of hydrogen-bond acceptors (Lipinski definition) is 5. The van der Waals surface area contributed by atoms with Crippen LogP contribution in [0.4, 0.5) is 11.5 Å². The van der Waals surface area contributed by atoms with E-state index >= 15 is 0 Å². The maximum Gasteiger partial charge on any atom is 0.139 e. The summed E-state index contributed by atoms with van der Waals surface area (Å²) in [6.07, 6.45) is 3.98. The summed E-state index contributed by atoms with van der Waals surface area (Å²) in [6, 6.07) is 6.49. The van der Waals surface area contributed by atoms with Crippen LogP contribution in [0.25, 0.3) is 10.9 Å². The Morgan fingerprint density at radius 2 is 1.95 bits per heavy atom. The summed E-state index contributed by atoms with van der Waals surface area (Å²) in [7, 11) is 4.31. The summed E-state index contributed by atoms with van der Waals surface area (Å²) in [5.74, 6) is 1.01. The normalized spacial score (nSPS) is 17.1. The van der Waals surface area contributed by atoms with E-state index < -0.39 is 0 Å². The van der Waals surface area contributed by atoms with Gasteiger partial charge in [0.15, 0.2) is 0 Å². The highest BCUT2D eigenvalue weighted by Crippen LogP contribution is 2.27. The Balaban J connectivity index is 1.90. The van der Waals surface area contributed by atoms with Crippen LogP contribution in [0.2, 0.25) is 0 Å². The molecule has 20 heavy (non-hydrogen) atoms. The summed E-state index contributed by atoms with van der Waals surface area (Å²) in [5.41, 5.74) is 7.62. The number of anilines is 2. The molecule has 1 aromatic carbocycles. The van der Waals surface area contributed by atoms with Gasteiger partial charge >= 0.3 is 0 Å². The first-order valence-electron chi connectivity index (χ1n) is 7.07. The minimum Gasteiger partial charge on any atom is -0.399 e. The van der Waals surface area contributed by atoms with Crippen LogP contribution in [0.1, 0.15) is 12.8 Å². The molecule has 1 saturated heterocycles. The Labute approximate surface area is 119 Å². The lowest BCUT2D eigenvalue weighted by Crippen LogP contribution is -2.42. The summed E-state index contributed by atoms with van der Waals surface area (Å²) in [5, 5.41) is 1.05. The van der Waals surface area contributed by atoms with Crippen molar-refractivity contribution in [3.63, 3.8) is 0 Å². The predicted molar refractivity (Wildman–Crippen MR) is 82.9 cm³/mol. The molecule has 5 nitrogen and oxygen atoms in total. The molecule has 2 heterocycles. The fourth-order valence-electron chi connectivity index (χ4n) is 2.91. The lowest BCUT2D eigenvalue weighted by molar-refractivity contribution is 0.249. The monoisotopic (exact) mass is 271 g/mol. The molecule has 5 heteroatoms. The standard InChI is InChI=1S/C15H21N5/c1-19(2)12-5-7-20(8-6-12)15-13-9-11(16)3-4-14(13)17-10-18-15/h3-4,9-10,12H,5-8,16H2,1-2H3. The minimum atomic E-state index is 0.671. The number of nitrogen functional groups attached to an aromatic ring is 1. The van der Waals surface area contributed by atoms with E-state index in [1.807, 2.05) is 18.2 Å². The van der Waals surface area contributed by atoms with E-state index in [2.05, 4.69) is 33.9 Å². The lowest BCUT2D eigenvalue weighted by atomic mass is 10.0. The Morgan fingerprint density at radius 1 is 1.20 bits per heavy atom. The van der Waals surface area contributed by atoms with Gasteiger partial charge in [0.25, 0.3) is 0 Å². The molecule has 1 aromatic heterocycles. The van der Waals surface area contributed by atoms with Crippen molar-refractivity contribution in [2.45, 2.75) is 18.9 Å². The van der Waals surface area contributed by atoms with Crippen LogP contribution < -0.4 is 10.6 Å². The minimum absolute atomic E-state index is 0.671. The van der Waals surface area contributed by atoms with E-state index in [0.717, 1.165) is 35.5 Å². The van der Waals surface area contributed by atoms with Gasteiger partial charge in [0.1, 0.15) is 12.1 Å². The van der Waals surface area contributed by atoms with Crippen molar-refractivity contribution >= 4 is 22.4 Å². The molecule has 0 amide bonds. The van der Waals surface area contributed by atoms with Crippen molar-refractivity contribution < 1.29 is 0 Å². The molecule has 2 N–H and O–H groups in total. The molecule has 1 fully saturated rings. The molecule has 0 atom stereocenters. The van der Waals surface area contributed by atoms with Crippen LogP contribution >= 0.6 is 0 Å². The fourth-order valence-corrected chi connectivity index (χ4v) is 2.91. The van der Waals surface area contributed by atoms with Gasteiger partial charge < -0.3 is 15.5 Å². The molecule has 0 saturated carbocycles. The Morgan fingerprint density at radius 3 is 2.65 bits per heavy atom. The molecular formula is C15H21N5. The number of aromatic nitrogens is 2. The second-order valence-corrected chi connectivity index (χ2v) is 5.66. The highest BCUT2D eigenvalue weighted by atomic mass is 15.2. The second-order valence-electron chi connectivity index (χ2n) is 5.66. The second kappa shape index (κ2) is 5.25. The van der Waals surface area contributed by atoms with Crippen molar-refractivity contribution in [3.05, 3.63) is 24.5 Å². The summed E-state index contributed by atoms with van der Waals surface area (Å²) >= 11 is 0. The van der Waals surface area contributed by atoms with Gasteiger partial charge in [-0.3, -0.25) is 0 Å². The smallest absolute Gasteiger partial charge is 0.139 e. The van der Waals surface area contributed by atoms with E-state index in [1.165, 1.54) is 12.8 Å². The van der Waals surface area contributed by atoms with Crippen molar-refractivity contribution in [3.8, 4) is 0 Å². The highest BCUT2D eigenvalue weighted by molar-refractivity contribution is 5.91. The van der Waals surface area contributed by atoms with Crippen LogP contribution in [-0.2, 0) is 0 Å². The van der Waals surface area contributed by atoms with Gasteiger partial charge in [-0.05, 0) is 45.1 Å². The molecule has 1 aliphatic heterocycles. The molecule has 0 bridgehead atoms. The lowest BCUT2D eigenvalue weighted by Gasteiger charge is -2.36. The number of nitrogens with two attached hydrogens (primary N) is 1. The van der Waals surface area contributed by atoms with E-state index in [-0.39, 0.29) is 0 Å². The third-order valence-electron chi connectivity index (χ3n) is 4.13. The van der Waals surface area contributed by atoms with Crippen molar-refractivity contribution in [1.82, 2.24) is 14.9 Å². The quantitative estimate of drug-likeness (QED) is 0.843. The zero-order chi connectivity index (χ0) is 14.1. The first-order valence-corrected chi connectivity index (χ1v) is 7.07. The molecule has 0 unspecified atom stereocenters. The van der Waals surface area contributed by atoms with Crippen LogP contribution in [0.3, 0.4) is 0 Å². The SMILES string of the molecule is CN(C)C1CCN(c2ncnc3ccc(N)cc23)CC1. The first-order chi connectivity index (χ1) is 9.65.